The largest absolute Gasteiger partial charge is 0.330 e. The third-order valence-electron chi connectivity index (χ3n) is 3.24. The molecule has 0 aromatic carbocycles. The molecule has 0 saturated heterocycles. The minimum Gasteiger partial charge on any atom is -0.330 e. The highest BCUT2D eigenvalue weighted by molar-refractivity contribution is 5.10. The molecule has 1 atom stereocenters. The van der Waals surface area contributed by atoms with Crippen LogP contribution < -0.4 is 5.73 Å². The summed E-state index contributed by atoms with van der Waals surface area (Å²) in [5.74, 6) is -0.293. The van der Waals surface area contributed by atoms with Gasteiger partial charge in [0, 0.05) is 6.54 Å². The van der Waals surface area contributed by atoms with Crippen LogP contribution in [0.25, 0.3) is 0 Å². The monoisotopic (exact) mass is 253 g/mol. The highest BCUT2D eigenvalue weighted by Gasteiger charge is 2.23. The van der Waals surface area contributed by atoms with Crippen molar-refractivity contribution in [3.05, 3.63) is 29.8 Å². The standard InChI is InChI=1S/C14H24FN3/c1-5-13(12-7-6-11(15)8-17-12)18(4)10-14(2,3)9-16/h6-8,13H,5,9-10,16H2,1-4H3. The van der Waals surface area contributed by atoms with Crippen LogP contribution in [-0.4, -0.2) is 30.0 Å². The van der Waals surface area contributed by atoms with Gasteiger partial charge >= 0.3 is 0 Å². The van der Waals surface area contributed by atoms with E-state index in [4.69, 9.17) is 5.73 Å². The molecular weight excluding hydrogens is 229 g/mol. The van der Waals surface area contributed by atoms with Gasteiger partial charge in [-0.25, -0.2) is 4.39 Å². The summed E-state index contributed by atoms with van der Waals surface area (Å²) in [6.45, 7) is 7.94. The Hall–Kier alpha value is -1.00. The van der Waals surface area contributed by atoms with Gasteiger partial charge in [0.1, 0.15) is 5.82 Å². The van der Waals surface area contributed by atoms with Crippen LogP contribution in [0.2, 0.25) is 0 Å². The first-order valence-corrected chi connectivity index (χ1v) is 6.41. The number of aromatic nitrogens is 1. The molecule has 1 aromatic rings. The predicted octanol–water partition coefficient (Wildman–Crippen LogP) is 2.59. The molecule has 0 amide bonds. The Morgan fingerprint density at radius 1 is 1.44 bits per heavy atom. The van der Waals surface area contributed by atoms with E-state index >= 15 is 0 Å². The van der Waals surface area contributed by atoms with Crippen molar-refractivity contribution in [1.29, 1.82) is 0 Å². The van der Waals surface area contributed by atoms with Crippen molar-refractivity contribution in [2.45, 2.75) is 33.2 Å². The van der Waals surface area contributed by atoms with Gasteiger partial charge in [0.25, 0.3) is 0 Å². The van der Waals surface area contributed by atoms with Gasteiger partial charge in [-0.3, -0.25) is 9.88 Å². The van der Waals surface area contributed by atoms with Gasteiger partial charge < -0.3 is 5.73 Å². The number of pyridine rings is 1. The fourth-order valence-electron chi connectivity index (χ4n) is 2.18. The van der Waals surface area contributed by atoms with E-state index in [0.29, 0.717) is 6.54 Å². The third-order valence-corrected chi connectivity index (χ3v) is 3.24. The van der Waals surface area contributed by atoms with E-state index in [1.807, 2.05) is 0 Å². The number of nitrogens with zero attached hydrogens (tertiary/aromatic N) is 2. The Kier molecular flexibility index (Phi) is 5.23. The molecule has 18 heavy (non-hydrogen) atoms. The minimum absolute atomic E-state index is 0.0716. The zero-order valence-corrected chi connectivity index (χ0v) is 11.8. The van der Waals surface area contributed by atoms with Gasteiger partial charge in [0.05, 0.1) is 17.9 Å². The minimum atomic E-state index is -0.293. The molecule has 4 heteroatoms. The first kappa shape index (κ1) is 15.1. The Labute approximate surface area is 109 Å². The van der Waals surface area contributed by atoms with Crippen LogP contribution in [0.4, 0.5) is 4.39 Å². The second-order valence-corrected chi connectivity index (χ2v) is 5.61. The number of halogens is 1. The van der Waals surface area contributed by atoms with Crippen LogP contribution >= 0.6 is 0 Å². The van der Waals surface area contributed by atoms with Crippen LogP contribution in [0.5, 0.6) is 0 Å². The summed E-state index contributed by atoms with van der Waals surface area (Å²) in [5, 5.41) is 0. The van der Waals surface area contributed by atoms with Gasteiger partial charge in [0.15, 0.2) is 0 Å². The molecular formula is C14H24FN3. The lowest BCUT2D eigenvalue weighted by molar-refractivity contribution is 0.159. The molecule has 0 aliphatic rings. The maximum atomic E-state index is 12.9. The van der Waals surface area contributed by atoms with E-state index < -0.39 is 0 Å². The smallest absolute Gasteiger partial charge is 0.141 e. The topological polar surface area (TPSA) is 42.2 Å². The van der Waals surface area contributed by atoms with Crippen LogP contribution in [-0.2, 0) is 0 Å². The lowest BCUT2D eigenvalue weighted by Crippen LogP contribution is -2.38. The predicted molar refractivity (Wildman–Crippen MR) is 72.7 cm³/mol. The summed E-state index contributed by atoms with van der Waals surface area (Å²) in [4.78, 5) is 6.42. The van der Waals surface area contributed by atoms with E-state index in [9.17, 15) is 4.39 Å². The van der Waals surface area contributed by atoms with Crippen LogP contribution in [0.1, 0.15) is 38.9 Å². The number of hydrogen-bond donors (Lipinski definition) is 1. The molecule has 0 bridgehead atoms. The second kappa shape index (κ2) is 6.25. The molecule has 0 radical (unpaired) electrons. The molecule has 0 saturated carbocycles. The first-order chi connectivity index (χ1) is 8.39. The van der Waals surface area contributed by atoms with Crippen molar-refractivity contribution >= 4 is 0 Å². The van der Waals surface area contributed by atoms with Crippen molar-refractivity contribution in [1.82, 2.24) is 9.88 Å². The van der Waals surface area contributed by atoms with E-state index in [1.54, 1.807) is 6.07 Å². The molecule has 0 aliphatic carbocycles. The van der Waals surface area contributed by atoms with Crippen LogP contribution in [0.15, 0.2) is 18.3 Å². The number of rotatable bonds is 6. The summed E-state index contributed by atoms with van der Waals surface area (Å²) >= 11 is 0. The maximum Gasteiger partial charge on any atom is 0.141 e. The SMILES string of the molecule is CCC(c1ccc(F)cn1)N(C)CC(C)(C)CN. The van der Waals surface area contributed by atoms with E-state index in [1.165, 1.54) is 12.3 Å². The van der Waals surface area contributed by atoms with Crippen molar-refractivity contribution in [3.63, 3.8) is 0 Å². The van der Waals surface area contributed by atoms with E-state index in [0.717, 1.165) is 18.7 Å². The second-order valence-electron chi connectivity index (χ2n) is 5.61. The molecule has 1 aromatic heterocycles. The molecule has 0 fully saturated rings. The molecule has 1 rings (SSSR count). The molecule has 1 unspecified atom stereocenters. The normalized spacial score (nSPS) is 13.9. The molecule has 2 N–H and O–H groups in total. The van der Waals surface area contributed by atoms with Crippen molar-refractivity contribution < 1.29 is 4.39 Å². The van der Waals surface area contributed by atoms with Crippen LogP contribution in [0.3, 0.4) is 0 Å². The highest BCUT2D eigenvalue weighted by Crippen LogP contribution is 2.25. The zero-order valence-electron chi connectivity index (χ0n) is 11.8. The van der Waals surface area contributed by atoms with Crippen molar-refractivity contribution in [2.75, 3.05) is 20.1 Å². The Balaban J connectivity index is 2.80. The molecule has 102 valence electrons. The third kappa shape index (κ3) is 4.03. The molecule has 3 nitrogen and oxygen atoms in total. The maximum absolute atomic E-state index is 12.9. The van der Waals surface area contributed by atoms with Gasteiger partial charge in [-0.15, -0.1) is 0 Å². The Bertz CT molecular complexity index is 362. The summed E-state index contributed by atoms with van der Waals surface area (Å²) in [5.41, 5.74) is 6.75. The molecule has 0 aliphatic heterocycles. The highest BCUT2D eigenvalue weighted by atomic mass is 19.1. The average Bonchev–Trinajstić information content (AvgIpc) is 2.32. The summed E-state index contributed by atoms with van der Waals surface area (Å²) in [6, 6.07) is 3.43. The van der Waals surface area contributed by atoms with Gasteiger partial charge in [-0.05, 0) is 37.6 Å². The number of hydrogen-bond acceptors (Lipinski definition) is 3. The summed E-state index contributed by atoms with van der Waals surface area (Å²) < 4.78 is 12.9. The lowest BCUT2D eigenvalue weighted by atomic mass is 9.92. The van der Waals surface area contributed by atoms with E-state index in [2.05, 4.69) is 37.7 Å². The van der Waals surface area contributed by atoms with Crippen molar-refractivity contribution in [3.8, 4) is 0 Å². The number of nitrogens with two attached hydrogens (primary N) is 1. The van der Waals surface area contributed by atoms with Gasteiger partial charge in [-0.1, -0.05) is 20.8 Å². The van der Waals surface area contributed by atoms with Gasteiger partial charge in [0.2, 0.25) is 0 Å². The quantitative estimate of drug-likeness (QED) is 0.847. The van der Waals surface area contributed by atoms with Crippen LogP contribution in [0, 0.1) is 11.2 Å². The molecule has 0 spiro atoms. The van der Waals surface area contributed by atoms with Gasteiger partial charge in [-0.2, -0.15) is 0 Å². The molecule has 1 heterocycles. The Morgan fingerprint density at radius 2 is 2.11 bits per heavy atom. The fraction of sp³-hybridized carbons (Fsp3) is 0.643. The summed E-state index contributed by atoms with van der Waals surface area (Å²) in [7, 11) is 2.07. The zero-order chi connectivity index (χ0) is 13.8. The first-order valence-electron chi connectivity index (χ1n) is 6.41. The summed E-state index contributed by atoms with van der Waals surface area (Å²) in [6.07, 6.45) is 2.22. The van der Waals surface area contributed by atoms with E-state index in [-0.39, 0.29) is 17.3 Å². The fourth-order valence-corrected chi connectivity index (χ4v) is 2.18. The average molecular weight is 253 g/mol. The van der Waals surface area contributed by atoms with Crippen molar-refractivity contribution in [2.24, 2.45) is 11.1 Å². The lowest BCUT2D eigenvalue weighted by Gasteiger charge is -2.34. The Morgan fingerprint density at radius 3 is 2.56 bits per heavy atom.